The third-order valence-corrected chi connectivity index (χ3v) is 7.66. The van der Waals surface area contributed by atoms with E-state index in [0.29, 0.717) is 16.7 Å². The van der Waals surface area contributed by atoms with Crippen LogP contribution < -0.4 is 0 Å². The molecule has 126 valence electrons. The molecular formula is C20H34O2. The Morgan fingerprint density at radius 1 is 1.14 bits per heavy atom. The summed E-state index contributed by atoms with van der Waals surface area (Å²) in [5.41, 5.74) is 2.27. The van der Waals surface area contributed by atoms with Crippen LogP contribution in [0.1, 0.15) is 72.6 Å². The Morgan fingerprint density at radius 3 is 2.55 bits per heavy atom. The monoisotopic (exact) mass is 306 g/mol. The van der Waals surface area contributed by atoms with Crippen molar-refractivity contribution in [2.45, 2.75) is 78.7 Å². The molecule has 3 rings (SSSR count). The lowest BCUT2D eigenvalue weighted by atomic mass is 9.45. The van der Waals surface area contributed by atoms with Gasteiger partial charge in [-0.1, -0.05) is 45.8 Å². The maximum Gasteiger partial charge on any atom is 0.0858 e. The third kappa shape index (κ3) is 2.38. The second kappa shape index (κ2) is 5.34. The summed E-state index contributed by atoms with van der Waals surface area (Å²) >= 11 is 0. The van der Waals surface area contributed by atoms with Crippen molar-refractivity contribution >= 4 is 0 Å². The van der Waals surface area contributed by atoms with Crippen LogP contribution in [0.3, 0.4) is 0 Å². The summed E-state index contributed by atoms with van der Waals surface area (Å²) in [6.07, 6.45) is 10.5. The summed E-state index contributed by atoms with van der Waals surface area (Å²) in [7, 11) is 0. The fourth-order valence-corrected chi connectivity index (χ4v) is 6.32. The summed E-state index contributed by atoms with van der Waals surface area (Å²) in [4.78, 5) is 0. The number of aliphatic hydroxyl groups is 2. The molecule has 3 aliphatic carbocycles. The zero-order valence-corrected chi connectivity index (χ0v) is 14.9. The normalized spacial score (nSPS) is 45.5. The third-order valence-electron chi connectivity index (χ3n) is 7.66. The van der Waals surface area contributed by atoms with E-state index < -0.39 is 6.10 Å². The van der Waals surface area contributed by atoms with Gasteiger partial charge in [0.15, 0.2) is 0 Å². The minimum absolute atomic E-state index is 0.127. The van der Waals surface area contributed by atoms with E-state index >= 15 is 0 Å². The summed E-state index contributed by atoms with van der Waals surface area (Å²) in [5, 5.41) is 19.6. The molecule has 0 aliphatic heterocycles. The van der Waals surface area contributed by atoms with Crippen molar-refractivity contribution in [3.63, 3.8) is 0 Å². The van der Waals surface area contributed by atoms with E-state index in [9.17, 15) is 10.2 Å². The van der Waals surface area contributed by atoms with Gasteiger partial charge in [0, 0.05) is 5.41 Å². The van der Waals surface area contributed by atoms with Gasteiger partial charge in [-0.05, 0) is 61.2 Å². The minimum Gasteiger partial charge on any atom is -0.394 e. The van der Waals surface area contributed by atoms with Crippen molar-refractivity contribution in [3.05, 3.63) is 11.6 Å². The average molecular weight is 306 g/mol. The molecule has 5 atom stereocenters. The molecule has 2 N–H and O–H groups in total. The average Bonchev–Trinajstić information content (AvgIpc) is 2.45. The van der Waals surface area contributed by atoms with Crippen LogP contribution in [0.2, 0.25) is 0 Å². The highest BCUT2D eigenvalue weighted by atomic mass is 16.3. The molecule has 0 saturated heterocycles. The van der Waals surface area contributed by atoms with Crippen LogP contribution in [-0.4, -0.2) is 22.9 Å². The maximum atomic E-state index is 10.2. The molecular weight excluding hydrogens is 272 g/mol. The number of rotatable bonds is 2. The van der Waals surface area contributed by atoms with Gasteiger partial charge in [0.25, 0.3) is 0 Å². The van der Waals surface area contributed by atoms with E-state index in [2.05, 4.69) is 33.8 Å². The van der Waals surface area contributed by atoms with Gasteiger partial charge in [-0.2, -0.15) is 0 Å². The van der Waals surface area contributed by atoms with Gasteiger partial charge in [-0.25, -0.2) is 0 Å². The van der Waals surface area contributed by atoms with Crippen LogP contribution in [0.5, 0.6) is 0 Å². The topological polar surface area (TPSA) is 40.5 Å². The van der Waals surface area contributed by atoms with Gasteiger partial charge in [0.05, 0.1) is 12.7 Å². The van der Waals surface area contributed by atoms with E-state index in [1.165, 1.54) is 38.5 Å². The smallest absolute Gasteiger partial charge is 0.0858 e. The molecule has 0 aromatic rings. The van der Waals surface area contributed by atoms with Gasteiger partial charge in [0.1, 0.15) is 0 Å². The Kier molecular flexibility index (Phi) is 4.01. The first-order valence-electron chi connectivity index (χ1n) is 9.23. The minimum atomic E-state index is -0.616. The van der Waals surface area contributed by atoms with Gasteiger partial charge >= 0.3 is 0 Å². The maximum absolute atomic E-state index is 10.2. The molecule has 0 aromatic carbocycles. The molecule has 0 radical (unpaired) electrons. The SMILES string of the molecule is CC1(C)CCC[C@]2(C)[C@H]3CC[C@](C)(C(O)CO)C=C3CC[C@@H]12. The standard InChI is InChI=1S/C20H34O2/c1-18(2)9-5-10-20(4)15-8-11-19(3,17(22)13-21)12-14(15)6-7-16(18)20/h12,15-17,21-22H,5-11,13H2,1-4H3/t15-,16-,17?,19-,20+/m0/s1. The molecule has 22 heavy (non-hydrogen) atoms. The van der Waals surface area contributed by atoms with Gasteiger partial charge in [0.2, 0.25) is 0 Å². The molecule has 2 saturated carbocycles. The fourth-order valence-electron chi connectivity index (χ4n) is 6.32. The summed E-state index contributed by atoms with van der Waals surface area (Å²) < 4.78 is 0. The Labute approximate surface area is 136 Å². The Morgan fingerprint density at radius 2 is 1.86 bits per heavy atom. The van der Waals surface area contributed by atoms with Crippen molar-refractivity contribution < 1.29 is 10.2 Å². The molecule has 0 amide bonds. The van der Waals surface area contributed by atoms with E-state index in [-0.39, 0.29) is 12.0 Å². The van der Waals surface area contributed by atoms with E-state index in [1.54, 1.807) is 5.57 Å². The van der Waals surface area contributed by atoms with Crippen molar-refractivity contribution in [3.8, 4) is 0 Å². The summed E-state index contributed by atoms with van der Waals surface area (Å²) in [6, 6.07) is 0. The van der Waals surface area contributed by atoms with Crippen LogP contribution >= 0.6 is 0 Å². The first-order valence-corrected chi connectivity index (χ1v) is 9.23. The molecule has 2 heteroatoms. The number of hydrogen-bond acceptors (Lipinski definition) is 2. The molecule has 1 unspecified atom stereocenters. The summed E-state index contributed by atoms with van der Waals surface area (Å²) in [6.45, 7) is 9.49. The van der Waals surface area contributed by atoms with E-state index in [4.69, 9.17) is 0 Å². The Balaban J connectivity index is 1.92. The lowest BCUT2D eigenvalue weighted by Gasteiger charge is -2.60. The zero-order valence-electron chi connectivity index (χ0n) is 14.9. The van der Waals surface area contributed by atoms with E-state index in [1.807, 2.05) is 0 Å². The first-order chi connectivity index (χ1) is 10.2. The lowest BCUT2D eigenvalue weighted by Crippen LogP contribution is -2.51. The first kappa shape index (κ1) is 16.5. The number of fused-ring (bicyclic) bond motifs is 3. The van der Waals surface area contributed by atoms with Crippen LogP contribution in [0.25, 0.3) is 0 Å². The van der Waals surface area contributed by atoms with Crippen molar-refractivity contribution in [1.29, 1.82) is 0 Å². The Hall–Kier alpha value is -0.340. The predicted molar refractivity (Wildman–Crippen MR) is 90.5 cm³/mol. The molecule has 0 aromatic heterocycles. The molecule has 0 heterocycles. The van der Waals surface area contributed by atoms with Crippen molar-refractivity contribution in [1.82, 2.24) is 0 Å². The van der Waals surface area contributed by atoms with Crippen LogP contribution in [0.4, 0.5) is 0 Å². The van der Waals surface area contributed by atoms with Crippen LogP contribution in [-0.2, 0) is 0 Å². The highest BCUT2D eigenvalue weighted by Crippen LogP contribution is 2.63. The van der Waals surface area contributed by atoms with Gasteiger partial charge in [-0.3, -0.25) is 0 Å². The van der Waals surface area contributed by atoms with Crippen molar-refractivity contribution in [2.24, 2.45) is 28.1 Å². The number of allylic oxidation sites excluding steroid dienone is 1. The highest BCUT2D eigenvalue weighted by Gasteiger charge is 2.54. The predicted octanol–water partition coefficient (Wildman–Crippen LogP) is 4.31. The largest absolute Gasteiger partial charge is 0.394 e. The fraction of sp³-hybridized carbons (Fsp3) is 0.900. The van der Waals surface area contributed by atoms with E-state index in [0.717, 1.165) is 12.3 Å². The van der Waals surface area contributed by atoms with Crippen LogP contribution in [0.15, 0.2) is 11.6 Å². The second-order valence-corrected chi connectivity index (χ2v) is 9.45. The molecule has 2 nitrogen and oxygen atoms in total. The summed E-state index contributed by atoms with van der Waals surface area (Å²) in [5.74, 6) is 1.54. The number of aliphatic hydroxyl groups excluding tert-OH is 2. The number of hydrogen-bond donors (Lipinski definition) is 2. The molecule has 2 fully saturated rings. The Bertz CT molecular complexity index is 466. The molecule has 0 bridgehead atoms. The van der Waals surface area contributed by atoms with Gasteiger partial charge in [-0.15, -0.1) is 0 Å². The molecule has 3 aliphatic rings. The highest BCUT2D eigenvalue weighted by molar-refractivity contribution is 5.24. The second-order valence-electron chi connectivity index (χ2n) is 9.45. The van der Waals surface area contributed by atoms with Crippen LogP contribution in [0, 0.1) is 28.1 Å². The zero-order chi connectivity index (χ0) is 16.2. The molecule has 0 spiro atoms. The van der Waals surface area contributed by atoms with Gasteiger partial charge < -0.3 is 10.2 Å². The van der Waals surface area contributed by atoms with Crippen molar-refractivity contribution in [2.75, 3.05) is 6.61 Å². The lowest BCUT2D eigenvalue weighted by molar-refractivity contribution is -0.0673. The quantitative estimate of drug-likeness (QED) is 0.746.